The number of aromatic nitrogens is 3. The van der Waals surface area contributed by atoms with Gasteiger partial charge in [-0.05, 0) is 56.7 Å². The maximum absolute atomic E-state index is 12.8. The van der Waals surface area contributed by atoms with Crippen LogP contribution in [0.4, 0.5) is 19.0 Å². The third kappa shape index (κ3) is 4.42. The van der Waals surface area contributed by atoms with E-state index in [0.717, 1.165) is 38.4 Å². The van der Waals surface area contributed by atoms with Crippen LogP contribution in [0.15, 0.2) is 18.3 Å². The number of rotatable bonds is 6. The van der Waals surface area contributed by atoms with Gasteiger partial charge in [-0.25, -0.2) is 4.98 Å². The number of pyridine rings is 1. The standard InChI is InChI=1S/C23H30F3N5O2/c1-3-13(2)31-19(21-16-5-4-6-30(10-17(16)21)15-11-32-12-15)8-18(29-31)14-7-20(22(27)28-9-14)33-23(24,25)26/h7-9,13,15-17,21H,3-6,10-12H2,1-2H3,(H2,27,28). The van der Waals surface area contributed by atoms with Crippen LogP contribution in [0.25, 0.3) is 11.3 Å². The van der Waals surface area contributed by atoms with Gasteiger partial charge < -0.3 is 15.2 Å². The minimum Gasteiger partial charge on any atom is -0.402 e. The van der Waals surface area contributed by atoms with E-state index in [1.807, 2.05) is 6.07 Å². The number of alkyl halides is 3. The molecule has 4 atom stereocenters. The van der Waals surface area contributed by atoms with E-state index in [4.69, 9.17) is 15.6 Å². The lowest BCUT2D eigenvalue weighted by atomic mass is 10.1. The molecule has 0 amide bonds. The molecule has 3 fully saturated rings. The Morgan fingerprint density at radius 2 is 2.06 bits per heavy atom. The quantitative estimate of drug-likeness (QED) is 0.688. The summed E-state index contributed by atoms with van der Waals surface area (Å²) in [6.45, 7) is 8.07. The summed E-state index contributed by atoms with van der Waals surface area (Å²) >= 11 is 0. The smallest absolute Gasteiger partial charge is 0.402 e. The minimum atomic E-state index is -4.84. The predicted molar refractivity (Wildman–Crippen MR) is 117 cm³/mol. The van der Waals surface area contributed by atoms with Gasteiger partial charge in [0.15, 0.2) is 11.6 Å². The van der Waals surface area contributed by atoms with E-state index >= 15 is 0 Å². The average Bonchev–Trinajstić information content (AvgIpc) is 3.26. The van der Waals surface area contributed by atoms with Gasteiger partial charge in [0.05, 0.1) is 24.9 Å². The van der Waals surface area contributed by atoms with Crippen LogP contribution in [-0.2, 0) is 4.74 Å². The van der Waals surface area contributed by atoms with Crippen molar-refractivity contribution in [3.05, 3.63) is 24.0 Å². The molecule has 5 rings (SSSR count). The van der Waals surface area contributed by atoms with Crippen molar-refractivity contribution in [3.63, 3.8) is 0 Å². The van der Waals surface area contributed by atoms with Gasteiger partial charge in [0.25, 0.3) is 0 Å². The van der Waals surface area contributed by atoms with Crippen LogP contribution in [-0.4, -0.2) is 58.4 Å². The molecule has 2 saturated heterocycles. The maximum atomic E-state index is 12.8. The Kier molecular flexibility index (Phi) is 5.76. The van der Waals surface area contributed by atoms with Crippen molar-refractivity contribution in [2.24, 2.45) is 11.8 Å². The van der Waals surface area contributed by atoms with E-state index in [9.17, 15) is 13.2 Å². The minimum absolute atomic E-state index is 0.183. The second-order valence-corrected chi connectivity index (χ2v) is 9.49. The summed E-state index contributed by atoms with van der Waals surface area (Å²) in [7, 11) is 0. The molecule has 0 aromatic carbocycles. The normalized spacial score (nSPS) is 26.9. The molecule has 2 aromatic rings. The second kappa shape index (κ2) is 8.47. The van der Waals surface area contributed by atoms with Crippen molar-refractivity contribution in [2.45, 2.75) is 57.5 Å². The number of anilines is 1. The SMILES string of the molecule is CCC(C)n1nc(-c2cnc(N)c(OC(F)(F)F)c2)cc1C1C2CCCN(C3COC3)CC21. The zero-order valence-electron chi connectivity index (χ0n) is 18.9. The summed E-state index contributed by atoms with van der Waals surface area (Å²) < 4.78 is 49.9. The van der Waals surface area contributed by atoms with Gasteiger partial charge in [0, 0.05) is 36.0 Å². The average molecular weight is 466 g/mol. The molecule has 0 radical (unpaired) electrons. The van der Waals surface area contributed by atoms with Gasteiger partial charge in [-0.3, -0.25) is 9.58 Å². The number of hydrogen-bond acceptors (Lipinski definition) is 6. The van der Waals surface area contributed by atoms with Gasteiger partial charge >= 0.3 is 6.36 Å². The Hall–Kier alpha value is -2.33. The molecule has 3 aliphatic rings. The van der Waals surface area contributed by atoms with Crippen LogP contribution < -0.4 is 10.5 Å². The van der Waals surface area contributed by atoms with E-state index in [1.54, 1.807) is 0 Å². The van der Waals surface area contributed by atoms with E-state index < -0.39 is 12.1 Å². The number of hydrogen-bond donors (Lipinski definition) is 1. The predicted octanol–water partition coefficient (Wildman–Crippen LogP) is 4.22. The highest BCUT2D eigenvalue weighted by atomic mass is 19.4. The fourth-order valence-electron chi connectivity index (χ4n) is 5.31. The van der Waals surface area contributed by atoms with Gasteiger partial charge in [0.2, 0.25) is 0 Å². The Balaban J connectivity index is 1.44. The summed E-state index contributed by atoms with van der Waals surface area (Å²) in [6.07, 6.45) is -0.111. The molecule has 7 nitrogen and oxygen atoms in total. The number of ether oxygens (including phenoxy) is 2. The fourth-order valence-corrected chi connectivity index (χ4v) is 5.31. The van der Waals surface area contributed by atoms with Crippen LogP contribution in [0.1, 0.15) is 50.8 Å². The zero-order valence-corrected chi connectivity index (χ0v) is 18.9. The van der Waals surface area contributed by atoms with Crippen molar-refractivity contribution in [2.75, 3.05) is 32.0 Å². The molecule has 10 heteroatoms. The fraction of sp³-hybridized carbons (Fsp3) is 0.652. The molecular weight excluding hydrogens is 435 g/mol. The van der Waals surface area contributed by atoms with Crippen molar-refractivity contribution in [3.8, 4) is 17.0 Å². The number of nitrogens with zero attached hydrogens (tertiary/aromatic N) is 4. The Labute approximate surface area is 191 Å². The number of nitrogens with two attached hydrogens (primary N) is 1. The number of halogens is 3. The lowest BCUT2D eigenvalue weighted by molar-refractivity contribution is -0.274. The highest BCUT2D eigenvalue weighted by molar-refractivity contribution is 5.64. The molecule has 0 spiro atoms. The van der Waals surface area contributed by atoms with Crippen LogP contribution in [0, 0.1) is 11.8 Å². The Bertz CT molecular complexity index is 1010. The first-order chi connectivity index (χ1) is 15.7. The molecule has 2 N–H and O–H groups in total. The molecule has 1 aliphatic carbocycles. The number of likely N-dealkylation sites (tertiary alicyclic amines) is 1. The van der Waals surface area contributed by atoms with E-state index in [1.165, 1.54) is 25.1 Å². The monoisotopic (exact) mass is 465 g/mol. The van der Waals surface area contributed by atoms with E-state index in [-0.39, 0.29) is 11.9 Å². The molecule has 33 heavy (non-hydrogen) atoms. The first kappa shape index (κ1) is 22.5. The van der Waals surface area contributed by atoms with E-state index in [2.05, 4.69) is 33.2 Å². The van der Waals surface area contributed by atoms with Crippen molar-refractivity contribution in [1.82, 2.24) is 19.7 Å². The van der Waals surface area contributed by atoms with Crippen molar-refractivity contribution in [1.29, 1.82) is 0 Å². The molecule has 1 saturated carbocycles. The topological polar surface area (TPSA) is 78.4 Å². The molecule has 4 unspecified atom stereocenters. The third-order valence-electron chi connectivity index (χ3n) is 7.41. The molecule has 0 bridgehead atoms. The van der Waals surface area contributed by atoms with Crippen molar-refractivity contribution >= 4 is 5.82 Å². The van der Waals surface area contributed by atoms with Crippen LogP contribution in [0.5, 0.6) is 5.75 Å². The van der Waals surface area contributed by atoms with Gasteiger partial charge in [-0.1, -0.05) is 6.92 Å². The zero-order chi connectivity index (χ0) is 23.3. The molecule has 2 aromatic heterocycles. The summed E-state index contributed by atoms with van der Waals surface area (Å²) in [5.74, 6) is 0.805. The largest absolute Gasteiger partial charge is 0.573 e. The van der Waals surface area contributed by atoms with Crippen LogP contribution in [0.3, 0.4) is 0 Å². The lowest BCUT2D eigenvalue weighted by Crippen LogP contribution is -2.49. The second-order valence-electron chi connectivity index (χ2n) is 9.49. The van der Waals surface area contributed by atoms with Crippen LogP contribution >= 0.6 is 0 Å². The number of nitrogen functional groups attached to an aromatic ring is 1. The first-order valence-electron chi connectivity index (χ1n) is 11.7. The number of fused-ring (bicyclic) bond motifs is 1. The Morgan fingerprint density at radius 3 is 2.73 bits per heavy atom. The summed E-state index contributed by atoms with van der Waals surface area (Å²) in [5.41, 5.74) is 7.83. The molecule has 2 aliphatic heterocycles. The third-order valence-corrected chi connectivity index (χ3v) is 7.41. The first-order valence-corrected chi connectivity index (χ1v) is 11.7. The lowest BCUT2D eigenvalue weighted by Gasteiger charge is -2.37. The molecule has 180 valence electrons. The molecule has 4 heterocycles. The van der Waals surface area contributed by atoms with Crippen LogP contribution in [0.2, 0.25) is 0 Å². The molecular formula is C23H30F3N5O2. The van der Waals surface area contributed by atoms with E-state index in [0.29, 0.717) is 35.1 Å². The summed E-state index contributed by atoms with van der Waals surface area (Å²) in [5, 5.41) is 4.81. The van der Waals surface area contributed by atoms with Gasteiger partial charge in [-0.15, -0.1) is 13.2 Å². The van der Waals surface area contributed by atoms with Gasteiger partial charge in [-0.2, -0.15) is 5.10 Å². The summed E-state index contributed by atoms with van der Waals surface area (Å²) in [6, 6.07) is 4.01. The highest BCUT2D eigenvalue weighted by Gasteiger charge is 2.54. The summed E-state index contributed by atoms with van der Waals surface area (Å²) in [4.78, 5) is 6.49. The maximum Gasteiger partial charge on any atom is 0.573 e. The van der Waals surface area contributed by atoms with Crippen molar-refractivity contribution < 1.29 is 22.6 Å². The highest BCUT2D eigenvalue weighted by Crippen LogP contribution is 2.58. The Morgan fingerprint density at radius 1 is 1.27 bits per heavy atom. The van der Waals surface area contributed by atoms with Gasteiger partial charge in [0.1, 0.15) is 0 Å².